The second-order valence-corrected chi connectivity index (χ2v) is 4.21. The molecule has 0 aromatic heterocycles. The van der Waals surface area contributed by atoms with Crippen molar-refractivity contribution in [1.29, 1.82) is 0 Å². The van der Waals surface area contributed by atoms with E-state index in [0.29, 0.717) is 6.42 Å². The van der Waals surface area contributed by atoms with E-state index < -0.39 is 17.5 Å². The molecule has 0 aliphatic rings. The Morgan fingerprint density at radius 2 is 2.00 bits per heavy atom. The number of nitrogens with zero attached hydrogens (tertiary/aromatic N) is 1. The van der Waals surface area contributed by atoms with Crippen LogP contribution in [0.4, 0.5) is 0 Å². The highest BCUT2D eigenvalue weighted by Crippen LogP contribution is 2.17. The molecular formula is C11H21NO4. The van der Waals surface area contributed by atoms with Crippen molar-refractivity contribution in [3.8, 4) is 0 Å². The average Bonchev–Trinajstić information content (AvgIpc) is 2.26. The number of likely N-dealkylation sites (N-methyl/N-ethyl adjacent to an activating group) is 1. The standard InChI is InChI=1S/C11H21NO4/c1-6-11(3,16-5)10(15)12(4)7-8(2)9(13)14/h8H,6-7H2,1-5H3,(H,13,14). The lowest BCUT2D eigenvalue weighted by atomic mass is 10.0. The maximum atomic E-state index is 12.0. The van der Waals surface area contributed by atoms with Crippen LogP contribution in [0.3, 0.4) is 0 Å². The van der Waals surface area contributed by atoms with Gasteiger partial charge in [0.05, 0.1) is 5.92 Å². The fraction of sp³-hybridized carbons (Fsp3) is 0.818. The second kappa shape index (κ2) is 5.84. The molecule has 1 amide bonds. The van der Waals surface area contributed by atoms with Crippen LogP contribution < -0.4 is 0 Å². The topological polar surface area (TPSA) is 66.8 Å². The first kappa shape index (κ1) is 14.9. The van der Waals surface area contributed by atoms with Crippen LogP contribution in [0.25, 0.3) is 0 Å². The van der Waals surface area contributed by atoms with Crippen molar-refractivity contribution in [2.45, 2.75) is 32.8 Å². The van der Waals surface area contributed by atoms with Gasteiger partial charge in [0.15, 0.2) is 0 Å². The van der Waals surface area contributed by atoms with Gasteiger partial charge in [0.1, 0.15) is 5.60 Å². The van der Waals surface area contributed by atoms with E-state index in [1.54, 1.807) is 20.9 Å². The van der Waals surface area contributed by atoms with Crippen molar-refractivity contribution in [2.24, 2.45) is 5.92 Å². The number of rotatable bonds is 6. The van der Waals surface area contributed by atoms with Crippen molar-refractivity contribution >= 4 is 11.9 Å². The lowest BCUT2D eigenvalue weighted by Gasteiger charge is -2.31. The summed E-state index contributed by atoms with van der Waals surface area (Å²) < 4.78 is 5.17. The van der Waals surface area contributed by atoms with Crippen LogP contribution in [0.5, 0.6) is 0 Å². The number of hydrogen-bond donors (Lipinski definition) is 1. The van der Waals surface area contributed by atoms with E-state index in [2.05, 4.69) is 0 Å². The summed E-state index contributed by atoms with van der Waals surface area (Å²) in [7, 11) is 3.07. The fourth-order valence-electron chi connectivity index (χ4n) is 1.36. The van der Waals surface area contributed by atoms with Crippen molar-refractivity contribution in [3.05, 3.63) is 0 Å². The fourth-order valence-corrected chi connectivity index (χ4v) is 1.36. The van der Waals surface area contributed by atoms with E-state index in [0.717, 1.165) is 0 Å². The van der Waals surface area contributed by atoms with E-state index in [1.165, 1.54) is 12.0 Å². The van der Waals surface area contributed by atoms with Crippen LogP contribution >= 0.6 is 0 Å². The predicted molar refractivity (Wildman–Crippen MR) is 60.1 cm³/mol. The number of carboxylic acids is 1. The summed E-state index contributed by atoms with van der Waals surface area (Å²) in [6.45, 7) is 5.32. The summed E-state index contributed by atoms with van der Waals surface area (Å²) in [4.78, 5) is 24.1. The average molecular weight is 231 g/mol. The first-order chi connectivity index (χ1) is 7.28. The molecule has 2 unspecified atom stereocenters. The Morgan fingerprint density at radius 3 is 2.31 bits per heavy atom. The third kappa shape index (κ3) is 3.48. The smallest absolute Gasteiger partial charge is 0.308 e. The molecule has 2 atom stereocenters. The molecule has 0 aromatic rings. The van der Waals surface area contributed by atoms with E-state index in [-0.39, 0.29) is 12.5 Å². The third-order valence-corrected chi connectivity index (χ3v) is 2.89. The minimum absolute atomic E-state index is 0.188. The van der Waals surface area contributed by atoms with E-state index in [9.17, 15) is 9.59 Å². The molecule has 0 saturated heterocycles. The van der Waals surface area contributed by atoms with Gasteiger partial charge < -0.3 is 14.7 Å². The first-order valence-corrected chi connectivity index (χ1v) is 5.32. The number of ether oxygens (including phenoxy) is 1. The van der Waals surface area contributed by atoms with Crippen molar-refractivity contribution in [3.63, 3.8) is 0 Å². The van der Waals surface area contributed by atoms with Gasteiger partial charge in [0.2, 0.25) is 0 Å². The molecule has 0 aliphatic carbocycles. The lowest BCUT2D eigenvalue weighted by Crippen LogP contribution is -2.48. The summed E-state index contributed by atoms with van der Waals surface area (Å²) in [5.74, 6) is -1.67. The zero-order valence-electron chi connectivity index (χ0n) is 10.6. The molecule has 5 nitrogen and oxygen atoms in total. The molecule has 5 heteroatoms. The zero-order chi connectivity index (χ0) is 12.9. The van der Waals surface area contributed by atoms with Gasteiger partial charge in [-0.3, -0.25) is 9.59 Å². The first-order valence-electron chi connectivity index (χ1n) is 5.32. The molecule has 16 heavy (non-hydrogen) atoms. The normalized spacial score (nSPS) is 16.3. The Bertz CT molecular complexity index is 261. The molecule has 0 radical (unpaired) electrons. The van der Waals surface area contributed by atoms with Gasteiger partial charge in [0, 0.05) is 20.7 Å². The predicted octanol–water partition coefficient (Wildman–Crippen LogP) is 0.981. The van der Waals surface area contributed by atoms with E-state index in [1.807, 2.05) is 6.92 Å². The molecule has 94 valence electrons. The highest BCUT2D eigenvalue weighted by molar-refractivity contribution is 5.85. The Hall–Kier alpha value is -1.10. The van der Waals surface area contributed by atoms with Gasteiger partial charge in [-0.15, -0.1) is 0 Å². The highest BCUT2D eigenvalue weighted by Gasteiger charge is 2.34. The van der Waals surface area contributed by atoms with Crippen molar-refractivity contribution in [2.75, 3.05) is 20.7 Å². The number of carbonyl (C=O) groups is 2. The Kier molecular flexibility index (Phi) is 5.44. The maximum absolute atomic E-state index is 12.0. The molecule has 1 N–H and O–H groups in total. The van der Waals surface area contributed by atoms with Gasteiger partial charge >= 0.3 is 5.97 Å². The molecule has 0 heterocycles. The summed E-state index contributed by atoms with van der Waals surface area (Å²) in [6.07, 6.45) is 0.550. The molecule has 0 saturated carbocycles. The summed E-state index contributed by atoms with van der Waals surface area (Å²) in [5.41, 5.74) is -0.868. The summed E-state index contributed by atoms with van der Waals surface area (Å²) >= 11 is 0. The lowest BCUT2D eigenvalue weighted by molar-refractivity contribution is -0.154. The number of methoxy groups -OCH3 is 1. The van der Waals surface area contributed by atoms with E-state index in [4.69, 9.17) is 9.84 Å². The zero-order valence-corrected chi connectivity index (χ0v) is 10.6. The largest absolute Gasteiger partial charge is 0.481 e. The Labute approximate surface area is 96.4 Å². The van der Waals surface area contributed by atoms with Crippen LogP contribution in [0.2, 0.25) is 0 Å². The maximum Gasteiger partial charge on any atom is 0.308 e. The van der Waals surface area contributed by atoms with Gasteiger partial charge in [-0.05, 0) is 13.3 Å². The quantitative estimate of drug-likeness (QED) is 0.740. The van der Waals surface area contributed by atoms with Gasteiger partial charge in [-0.1, -0.05) is 13.8 Å². The Morgan fingerprint density at radius 1 is 1.50 bits per heavy atom. The number of carbonyl (C=O) groups excluding carboxylic acids is 1. The van der Waals surface area contributed by atoms with Crippen molar-refractivity contribution < 1.29 is 19.4 Å². The summed E-state index contributed by atoms with van der Waals surface area (Å²) in [5, 5.41) is 8.76. The van der Waals surface area contributed by atoms with Gasteiger partial charge in [-0.2, -0.15) is 0 Å². The van der Waals surface area contributed by atoms with Crippen LogP contribution in [-0.2, 0) is 14.3 Å². The SMILES string of the molecule is CCC(C)(OC)C(=O)N(C)CC(C)C(=O)O. The molecule has 0 fully saturated rings. The number of amides is 1. The number of hydrogen-bond acceptors (Lipinski definition) is 3. The van der Waals surface area contributed by atoms with Crippen LogP contribution in [0.1, 0.15) is 27.2 Å². The number of aliphatic carboxylic acids is 1. The molecule has 0 bridgehead atoms. The molecule has 0 aromatic carbocycles. The molecule has 0 spiro atoms. The minimum atomic E-state index is -0.907. The second-order valence-electron chi connectivity index (χ2n) is 4.21. The Balaban J connectivity index is 4.55. The minimum Gasteiger partial charge on any atom is -0.481 e. The van der Waals surface area contributed by atoms with Crippen molar-refractivity contribution in [1.82, 2.24) is 4.90 Å². The number of carboxylic acid groups (broad SMARTS) is 1. The summed E-state index contributed by atoms with van der Waals surface area (Å²) in [6, 6.07) is 0. The highest BCUT2D eigenvalue weighted by atomic mass is 16.5. The third-order valence-electron chi connectivity index (χ3n) is 2.89. The van der Waals surface area contributed by atoms with Crippen LogP contribution in [-0.4, -0.2) is 48.2 Å². The molecular weight excluding hydrogens is 210 g/mol. The van der Waals surface area contributed by atoms with Gasteiger partial charge in [-0.25, -0.2) is 0 Å². The van der Waals surface area contributed by atoms with Crippen LogP contribution in [0.15, 0.2) is 0 Å². The molecule has 0 aliphatic heterocycles. The van der Waals surface area contributed by atoms with Crippen LogP contribution in [0, 0.1) is 5.92 Å². The van der Waals surface area contributed by atoms with Gasteiger partial charge in [0.25, 0.3) is 5.91 Å². The molecule has 0 rings (SSSR count). The monoisotopic (exact) mass is 231 g/mol. The van der Waals surface area contributed by atoms with E-state index >= 15 is 0 Å².